The summed E-state index contributed by atoms with van der Waals surface area (Å²) in [7, 11) is 0. The van der Waals surface area contributed by atoms with Crippen molar-refractivity contribution in [3.05, 3.63) is 152 Å². The molecular weight excluding hydrogens is 574 g/mol. The Labute approximate surface area is 269 Å². The largest absolute Gasteiger partial charge is 0.299 e. The lowest BCUT2D eigenvalue weighted by atomic mass is 9.94. The van der Waals surface area contributed by atoms with E-state index in [1.165, 1.54) is 27.1 Å². The summed E-state index contributed by atoms with van der Waals surface area (Å²) in [5, 5.41) is 6.98. The van der Waals surface area contributed by atoms with Gasteiger partial charge in [-0.25, -0.2) is 15.0 Å². The number of rotatable bonds is 3. The van der Waals surface area contributed by atoms with E-state index in [-0.39, 0.29) is 0 Å². The predicted octanol–water partition coefficient (Wildman–Crippen LogP) is 10.3. The number of aromatic nitrogens is 5. The van der Waals surface area contributed by atoms with Crippen LogP contribution in [0.2, 0.25) is 0 Å². The van der Waals surface area contributed by atoms with Crippen LogP contribution in [-0.4, -0.2) is 24.3 Å². The SMILES string of the molecule is c1ccc(-c2nc3c(ccc4cc(-c5ccc6c(c5)c5ccccc5c5nc7ccccn7c65)ccc43)nc2-c2ccccn2)cc1. The van der Waals surface area contributed by atoms with Gasteiger partial charge in [0.25, 0.3) is 0 Å². The molecule has 0 radical (unpaired) electrons. The maximum Gasteiger partial charge on any atom is 0.137 e. The van der Waals surface area contributed by atoms with Crippen LogP contribution in [0.3, 0.4) is 0 Å². The van der Waals surface area contributed by atoms with Gasteiger partial charge in [0.15, 0.2) is 0 Å². The molecule has 0 saturated heterocycles. The normalized spacial score (nSPS) is 11.8. The van der Waals surface area contributed by atoms with Gasteiger partial charge in [0.05, 0.1) is 33.5 Å². The van der Waals surface area contributed by atoms with Crippen LogP contribution in [0.4, 0.5) is 0 Å². The molecular formula is C42H25N5. The molecule has 5 heteroatoms. The maximum absolute atomic E-state index is 5.27. The van der Waals surface area contributed by atoms with E-state index in [2.05, 4.69) is 113 Å². The fourth-order valence-electron chi connectivity index (χ4n) is 7.02. The average molecular weight is 600 g/mol. The number of hydrogen-bond acceptors (Lipinski definition) is 4. The highest BCUT2D eigenvalue weighted by Gasteiger charge is 2.17. The zero-order chi connectivity index (χ0) is 30.9. The smallest absolute Gasteiger partial charge is 0.137 e. The molecule has 10 rings (SSSR count). The predicted molar refractivity (Wildman–Crippen MR) is 192 cm³/mol. The Bertz CT molecular complexity index is 2840. The van der Waals surface area contributed by atoms with E-state index in [1.807, 2.05) is 42.5 Å². The zero-order valence-electron chi connectivity index (χ0n) is 25.2. The molecule has 0 aliphatic rings. The third kappa shape index (κ3) is 3.97. The highest BCUT2D eigenvalue weighted by atomic mass is 15.0. The Hall–Kier alpha value is -6.46. The molecule has 0 aliphatic heterocycles. The van der Waals surface area contributed by atoms with Crippen LogP contribution in [0.25, 0.3) is 93.8 Å². The minimum Gasteiger partial charge on any atom is -0.299 e. The van der Waals surface area contributed by atoms with Crippen molar-refractivity contribution in [1.29, 1.82) is 0 Å². The first-order chi connectivity index (χ1) is 23.3. The first-order valence-corrected chi connectivity index (χ1v) is 15.7. The van der Waals surface area contributed by atoms with Gasteiger partial charge in [0, 0.05) is 34.1 Å². The van der Waals surface area contributed by atoms with Gasteiger partial charge in [-0.2, -0.15) is 0 Å². The fourth-order valence-corrected chi connectivity index (χ4v) is 7.02. The lowest BCUT2D eigenvalue weighted by Gasteiger charge is -2.13. The molecule has 0 saturated carbocycles. The molecule has 0 aliphatic carbocycles. The highest BCUT2D eigenvalue weighted by Crippen LogP contribution is 2.39. The molecule has 0 N–H and O–H groups in total. The lowest BCUT2D eigenvalue weighted by Crippen LogP contribution is -1.97. The lowest BCUT2D eigenvalue weighted by molar-refractivity contribution is 1.23. The van der Waals surface area contributed by atoms with Crippen LogP contribution in [0.1, 0.15) is 0 Å². The second kappa shape index (κ2) is 10.0. The summed E-state index contributed by atoms with van der Waals surface area (Å²) in [6.07, 6.45) is 3.90. The highest BCUT2D eigenvalue weighted by molar-refractivity contribution is 6.24. The fraction of sp³-hybridized carbons (Fsp3) is 0. The van der Waals surface area contributed by atoms with Crippen molar-refractivity contribution in [1.82, 2.24) is 24.3 Å². The van der Waals surface area contributed by atoms with Crippen molar-refractivity contribution in [2.45, 2.75) is 0 Å². The Morgan fingerprint density at radius 2 is 1.23 bits per heavy atom. The molecule has 0 bridgehead atoms. The van der Waals surface area contributed by atoms with Gasteiger partial charge in [0.1, 0.15) is 11.3 Å². The van der Waals surface area contributed by atoms with E-state index < -0.39 is 0 Å². The second-order valence-corrected chi connectivity index (χ2v) is 11.9. The van der Waals surface area contributed by atoms with E-state index in [1.54, 1.807) is 6.20 Å². The quantitative estimate of drug-likeness (QED) is 0.190. The van der Waals surface area contributed by atoms with E-state index >= 15 is 0 Å². The first-order valence-electron chi connectivity index (χ1n) is 15.7. The Kier molecular flexibility index (Phi) is 5.51. The van der Waals surface area contributed by atoms with Crippen LogP contribution in [-0.2, 0) is 0 Å². The third-order valence-electron chi connectivity index (χ3n) is 9.22. The van der Waals surface area contributed by atoms with Crippen molar-refractivity contribution >= 4 is 60.0 Å². The van der Waals surface area contributed by atoms with Gasteiger partial charge in [-0.05, 0) is 69.8 Å². The summed E-state index contributed by atoms with van der Waals surface area (Å²) in [6.45, 7) is 0. The summed E-state index contributed by atoms with van der Waals surface area (Å²) < 4.78 is 2.20. The van der Waals surface area contributed by atoms with Gasteiger partial charge in [0.2, 0.25) is 0 Å². The molecule has 4 aromatic heterocycles. The Balaban J connectivity index is 1.17. The zero-order valence-corrected chi connectivity index (χ0v) is 25.2. The Morgan fingerprint density at radius 3 is 2.11 bits per heavy atom. The number of nitrogens with zero attached hydrogens (tertiary/aromatic N) is 5. The van der Waals surface area contributed by atoms with Crippen LogP contribution >= 0.6 is 0 Å². The van der Waals surface area contributed by atoms with E-state index in [0.29, 0.717) is 0 Å². The molecule has 0 atom stereocenters. The molecule has 218 valence electrons. The molecule has 5 nitrogen and oxygen atoms in total. The van der Waals surface area contributed by atoms with Crippen molar-refractivity contribution < 1.29 is 0 Å². The number of hydrogen-bond donors (Lipinski definition) is 0. The molecule has 10 aromatic rings. The van der Waals surface area contributed by atoms with E-state index in [0.717, 1.165) is 66.7 Å². The van der Waals surface area contributed by atoms with Crippen molar-refractivity contribution in [3.8, 4) is 33.8 Å². The summed E-state index contributed by atoms with van der Waals surface area (Å²) in [4.78, 5) is 20.0. The van der Waals surface area contributed by atoms with Crippen molar-refractivity contribution in [3.63, 3.8) is 0 Å². The van der Waals surface area contributed by atoms with E-state index in [9.17, 15) is 0 Å². The average Bonchev–Trinajstić information content (AvgIpc) is 3.55. The van der Waals surface area contributed by atoms with Crippen LogP contribution < -0.4 is 0 Å². The maximum atomic E-state index is 5.27. The Morgan fingerprint density at radius 1 is 0.447 bits per heavy atom. The molecule has 0 amide bonds. The van der Waals surface area contributed by atoms with Gasteiger partial charge >= 0.3 is 0 Å². The minimum atomic E-state index is 0.781. The first kappa shape index (κ1) is 25.8. The standard InChI is InChI=1S/C42H25N5/c1-2-10-26(11-3-1)38-41(35-14-6-8-22-43-35)44-36-21-18-29-24-27(16-19-30(29)39(36)46-38)28-17-20-33-34(25-28)31-12-4-5-13-32(31)40-42(33)47-23-9-7-15-37(47)45-40/h1-25H. The summed E-state index contributed by atoms with van der Waals surface area (Å²) in [5.41, 5.74) is 10.6. The summed E-state index contributed by atoms with van der Waals surface area (Å²) >= 11 is 0. The minimum absolute atomic E-state index is 0.781. The molecule has 0 spiro atoms. The van der Waals surface area contributed by atoms with Gasteiger partial charge in [-0.15, -0.1) is 0 Å². The number of fused-ring (bicyclic) bond motifs is 11. The molecule has 0 unspecified atom stereocenters. The van der Waals surface area contributed by atoms with Crippen LogP contribution in [0.5, 0.6) is 0 Å². The second-order valence-electron chi connectivity index (χ2n) is 11.9. The molecule has 6 aromatic carbocycles. The van der Waals surface area contributed by atoms with Crippen molar-refractivity contribution in [2.75, 3.05) is 0 Å². The number of imidazole rings is 1. The summed E-state index contributed by atoms with van der Waals surface area (Å²) in [6, 6.07) is 48.6. The monoisotopic (exact) mass is 599 g/mol. The topological polar surface area (TPSA) is 56.0 Å². The third-order valence-corrected chi connectivity index (χ3v) is 9.22. The molecule has 0 fully saturated rings. The van der Waals surface area contributed by atoms with Crippen LogP contribution in [0, 0.1) is 0 Å². The number of pyridine rings is 2. The van der Waals surface area contributed by atoms with Gasteiger partial charge < -0.3 is 0 Å². The van der Waals surface area contributed by atoms with Gasteiger partial charge in [-0.3, -0.25) is 9.38 Å². The van der Waals surface area contributed by atoms with Gasteiger partial charge in [-0.1, -0.05) is 97.1 Å². The number of benzene rings is 6. The molecule has 47 heavy (non-hydrogen) atoms. The van der Waals surface area contributed by atoms with E-state index in [4.69, 9.17) is 15.0 Å². The van der Waals surface area contributed by atoms with Crippen LogP contribution in [0.15, 0.2) is 152 Å². The van der Waals surface area contributed by atoms with Crippen molar-refractivity contribution in [2.24, 2.45) is 0 Å². The molecule has 4 heterocycles. The summed E-state index contributed by atoms with van der Waals surface area (Å²) in [5.74, 6) is 0.